The summed E-state index contributed by atoms with van der Waals surface area (Å²) < 4.78 is 1.90. The molecule has 0 unspecified atom stereocenters. The van der Waals surface area contributed by atoms with E-state index in [1.807, 2.05) is 77.5 Å². The van der Waals surface area contributed by atoms with Gasteiger partial charge < -0.3 is 20.8 Å². The molecule has 190 valence electrons. The van der Waals surface area contributed by atoms with Gasteiger partial charge in [-0.15, -0.1) is 0 Å². The number of amides is 1. The molecule has 8 nitrogen and oxygen atoms in total. The molecule has 0 aliphatic heterocycles. The SMILES string of the molecule is CC(C)(C)c1ccc(C(=O)Nc2cccc(-c3cn4ccnc4c(Nc4ccc(C(=N)N)cc4)n3)c2)cc1. The lowest BCUT2D eigenvalue weighted by Gasteiger charge is -2.19. The van der Waals surface area contributed by atoms with E-state index in [1.54, 1.807) is 18.3 Å². The number of hydrogen-bond acceptors (Lipinski definition) is 5. The van der Waals surface area contributed by atoms with E-state index in [9.17, 15) is 4.79 Å². The van der Waals surface area contributed by atoms with E-state index < -0.39 is 0 Å². The van der Waals surface area contributed by atoms with Crippen LogP contribution in [0.5, 0.6) is 0 Å². The van der Waals surface area contributed by atoms with Crippen molar-refractivity contribution >= 4 is 34.6 Å². The number of amidine groups is 1. The van der Waals surface area contributed by atoms with Gasteiger partial charge in [0.1, 0.15) is 5.84 Å². The molecule has 0 radical (unpaired) electrons. The van der Waals surface area contributed by atoms with Gasteiger partial charge in [0.25, 0.3) is 5.91 Å². The number of benzene rings is 3. The summed E-state index contributed by atoms with van der Waals surface area (Å²) >= 11 is 0. The number of rotatable bonds is 6. The van der Waals surface area contributed by atoms with Gasteiger partial charge in [0, 0.05) is 46.7 Å². The predicted molar refractivity (Wildman–Crippen MR) is 152 cm³/mol. The van der Waals surface area contributed by atoms with Gasteiger partial charge in [-0.05, 0) is 59.5 Å². The second-order valence-corrected chi connectivity index (χ2v) is 10.1. The number of imidazole rings is 1. The summed E-state index contributed by atoms with van der Waals surface area (Å²) in [7, 11) is 0. The first-order chi connectivity index (χ1) is 18.2. The molecule has 1 amide bonds. The van der Waals surface area contributed by atoms with Crippen LogP contribution in [0.4, 0.5) is 17.2 Å². The zero-order valence-corrected chi connectivity index (χ0v) is 21.5. The summed E-state index contributed by atoms with van der Waals surface area (Å²) in [6.45, 7) is 6.44. The Kier molecular flexibility index (Phi) is 6.38. The molecule has 0 aliphatic rings. The molecule has 0 aliphatic carbocycles. The van der Waals surface area contributed by atoms with Crippen molar-refractivity contribution in [3.05, 3.63) is 108 Å². The fraction of sp³-hybridized carbons (Fsp3) is 0.133. The Morgan fingerprint density at radius 1 is 0.947 bits per heavy atom. The highest BCUT2D eigenvalue weighted by Crippen LogP contribution is 2.27. The third-order valence-electron chi connectivity index (χ3n) is 6.26. The van der Waals surface area contributed by atoms with E-state index in [0.29, 0.717) is 34.0 Å². The number of nitrogens with zero attached hydrogens (tertiary/aromatic N) is 3. The maximum absolute atomic E-state index is 12.9. The van der Waals surface area contributed by atoms with Crippen LogP contribution in [-0.4, -0.2) is 26.1 Å². The molecule has 0 saturated heterocycles. The molecule has 5 aromatic rings. The second kappa shape index (κ2) is 9.82. The van der Waals surface area contributed by atoms with Crippen molar-refractivity contribution in [2.75, 3.05) is 10.6 Å². The maximum Gasteiger partial charge on any atom is 0.255 e. The molecule has 0 saturated carbocycles. The Hall–Kier alpha value is -4.98. The molecular formula is C30H29N7O. The predicted octanol–water partition coefficient (Wildman–Crippen LogP) is 5.97. The van der Waals surface area contributed by atoms with E-state index >= 15 is 0 Å². The smallest absolute Gasteiger partial charge is 0.255 e. The molecule has 0 fully saturated rings. The number of hydrogen-bond donors (Lipinski definition) is 4. The molecule has 3 aromatic carbocycles. The zero-order chi connectivity index (χ0) is 26.9. The van der Waals surface area contributed by atoms with Gasteiger partial charge >= 0.3 is 0 Å². The maximum atomic E-state index is 12.9. The number of aromatic nitrogens is 3. The molecule has 0 atom stereocenters. The Balaban J connectivity index is 1.40. The van der Waals surface area contributed by atoms with Crippen LogP contribution < -0.4 is 16.4 Å². The third kappa shape index (κ3) is 5.24. The van der Waals surface area contributed by atoms with Crippen molar-refractivity contribution in [1.82, 2.24) is 14.4 Å². The Morgan fingerprint density at radius 2 is 1.66 bits per heavy atom. The molecule has 0 bridgehead atoms. The van der Waals surface area contributed by atoms with Crippen molar-refractivity contribution in [3.63, 3.8) is 0 Å². The van der Waals surface area contributed by atoms with Gasteiger partial charge in [-0.25, -0.2) is 9.97 Å². The first-order valence-corrected chi connectivity index (χ1v) is 12.2. The Morgan fingerprint density at radius 3 is 2.34 bits per heavy atom. The number of anilines is 3. The first-order valence-electron chi connectivity index (χ1n) is 12.2. The first kappa shape index (κ1) is 24.7. The minimum Gasteiger partial charge on any atom is -0.384 e. The highest BCUT2D eigenvalue weighted by Gasteiger charge is 2.15. The van der Waals surface area contributed by atoms with Gasteiger partial charge in [-0.3, -0.25) is 10.2 Å². The fourth-order valence-electron chi connectivity index (χ4n) is 4.11. The summed E-state index contributed by atoms with van der Waals surface area (Å²) in [6, 6.07) is 22.5. The summed E-state index contributed by atoms with van der Waals surface area (Å²) in [4.78, 5) is 22.2. The summed E-state index contributed by atoms with van der Waals surface area (Å²) in [6.07, 6.45) is 5.47. The van der Waals surface area contributed by atoms with Crippen LogP contribution in [0, 0.1) is 5.41 Å². The van der Waals surface area contributed by atoms with Crippen LogP contribution in [-0.2, 0) is 5.41 Å². The highest BCUT2D eigenvalue weighted by atomic mass is 16.1. The normalized spacial score (nSPS) is 11.3. The van der Waals surface area contributed by atoms with Crippen LogP contribution in [0.1, 0.15) is 42.3 Å². The number of carbonyl (C=O) groups excluding carboxylic acids is 1. The largest absolute Gasteiger partial charge is 0.384 e. The van der Waals surface area contributed by atoms with Crippen molar-refractivity contribution in [3.8, 4) is 11.3 Å². The Bertz CT molecular complexity index is 1630. The van der Waals surface area contributed by atoms with E-state index in [-0.39, 0.29) is 17.2 Å². The van der Waals surface area contributed by atoms with Crippen molar-refractivity contribution in [2.24, 2.45) is 5.73 Å². The van der Waals surface area contributed by atoms with Crippen molar-refractivity contribution in [2.45, 2.75) is 26.2 Å². The van der Waals surface area contributed by atoms with E-state index in [4.69, 9.17) is 16.1 Å². The molecule has 38 heavy (non-hydrogen) atoms. The van der Waals surface area contributed by atoms with Gasteiger partial charge in [-0.1, -0.05) is 45.0 Å². The van der Waals surface area contributed by atoms with Crippen LogP contribution >= 0.6 is 0 Å². The molecule has 5 rings (SSSR count). The molecule has 8 heteroatoms. The zero-order valence-electron chi connectivity index (χ0n) is 21.5. The summed E-state index contributed by atoms with van der Waals surface area (Å²) in [5.41, 5.74) is 11.7. The molecule has 5 N–H and O–H groups in total. The van der Waals surface area contributed by atoms with Gasteiger partial charge in [0.2, 0.25) is 0 Å². The van der Waals surface area contributed by atoms with Crippen LogP contribution in [0.2, 0.25) is 0 Å². The monoisotopic (exact) mass is 503 g/mol. The van der Waals surface area contributed by atoms with Crippen LogP contribution in [0.15, 0.2) is 91.4 Å². The minimum absolute atomic E-state index is 0.0150. The average Bonchev–Trinajstić information content (AvgIpc) is 3.38. The minimum atomic E-state index is -0.169. The third-order valence-corrected chi connectivity index (χ3v) is 6.26. The van der Waals surface area contributed by atoms with Gasteiger partial charge in [0.05, 0.1) is 5.69 Å². The fourth-order valence-corrected chi connectivity index (χ4v) is 4.11. The molecule has 2 heterocycles. The second-order valence-electron chi connectivity index (χ2n) is 10.1. The molecular weight excluding hydrogens is 474 g/mol. The number of nitrogens with two attached hydrogens (primary N) is 1. The quantitative estimate of drug-likeness (QED) is 0.168. The van der Waals surface area contributed by atoms with E-state index in [0.717, 1.165) is 11.3 Å². The number of nitrogen functional groups attached to an aromatic ring is 1. The number of carbonyl (C=O) groups is 1. The van der Waals surface area contributed by atoms with E-state index in [1.165, 1.54) is 5.56 Å². The van der Waals surface area contributed by atoms with Crippen molar-refractivity contribution in [1.29, 1.82) is 5.41 Å². The lowest BCUT2D eigenvalue weighted by molar-refractivity contribution is 0.102. The van der Waals surface area contributed by atoms with E-state index in [2.05, 4.69) is 36.4 Å². The standard InChI is InChI=1S/C30H29N7O/c1-30(2,3)22-11-7-20(8-12-22)29(38)35-24-6-4-5-21(17-24)25-18-37-16-15-33-28(37)27(36-25)34-23-13-9-19(10-14-23)26(31)32/h4-18H,1-3H3,(H3,31,32)(H,34,36)(H,35,38). The average molecular weight is 504 g/mol. The van der Waals surface area contributed by atoms with Gasteiger partial charge in [0.15, 0.2) is 11.5 Å². The lowest BCUT2D eigenvalue weighted by Crippen LogP contribution is -2.14. The molecule has 2 aromatic heterocycles. The van der Waals surface area contributed by atoms with Crippen LogP contribution in [0.25, 0.3) is 16.9 Å². The number of fused-ring (bicyclic) bond motifs is 1. The lowest BCUT2D eigenvalue weighted by atomic mass is 9.87. The Labute approximate surface area is 221 Å². The highest BCUT2D eigenvalue weighted by molar-refractivity contribution is 6.04. The molecule has 0 spiro atoms. The number of nitrogens with one attached hydrogen (secondary N) is 3. The van der Waals surface area contributed by atoms with Crippen LogP contribution in [0.3, 0.4) is 0 Å². The van der Waals surface area contributed by atoms with Crippen molar-refractivity contribution < 1.29 is 4.79 Å². The summed E-state index contributed by atoms with van der Waals surface area (Å²) in [5, 5.41) is 13.9. The topological polar surface area (TPSA) is 121 Å². The summed E-state index contributed by atoms with van der Waals surface area (Å²) in [5.74, 6) is 0.426. The van der Waals surface area contributed by atoms with Gasteiger partial charge in [-0.2, -0.15) is 0 Å².